The fraction of sp³-hybridized carbons (Fsp3) is 0.333. The van der Waals surface area contributed by atoms with Gasteiger partial charge in [-0.3, -0.25) is 0 Å². The number of carbonyl (C=O) groups excluding carboxylic acids is 2. The van der Waals surface area contributed by atoms with Crippen molar-refractivity contribution in [2.75, 3.05) is 13.7 Å². The highest BCUT2D eigenvalue weighted by molar-refractivity contribution is 5.99. The van der Waals surface area contributed by atoms with Gasteiger partial charge in [0.05, 0.1) is 30.8 Å². The predicted molar refractivity (Wildman–Crippen MR) is 86.4 cm³/mol. The Hall–Kier alpha value is -2.56. The fourth-order valence-electron chi connectivity index (χ4n) is 2.83. The summed E-state index contributed by atoms with van der Waals surface area (Å²) in [6.07, 6.45) is 0. The first-order chi connectivity index (χ1) is 11.0. The van der Waals surface area contributed by atoms with Crippen LogP contribution in [0.25, 0.3) is 0 Å². The molecule has 0 aromatic heterocycles. The number of hydrogen-bond acceptors (Lipinski definition) is 5. The lowest BCUT2D eigenvalue weighted by atomic mass is 9.80. The number of allylic oxidation sites excluding steroid dienone is 2. The van der Waals surface area contributed by atoms with Gasteiger partial charge in [-0.15, -0.1) is 0 Å². The van der Waals surface area contributed by atoms with E-state index in [1.165, 1.54) is 7.11 Å². The zero-order valence-corrected chi connectivity index (χ0v) is 13.8. The lowest BCUT2D eigenvalue weighted by Gasteiger charge is -2.30. The average molecular weight is 315 g/mol. The first kappa shape index (κ1) is 16.8. The number of nitrogens with one attached hydrogen (secondary N) is 1. The van der Waals surface area contributed by atoms with Crippen LogP contribution in [0.1, 0.15) is 32.3 Å². The Bertz CT molecular complexity index is 674. The molecule has 1 atom stereocenters. The van der Waals surface area contributed by atoms with Crippen LogP contribution in [0.3, 0.4) is 0 Å². The summed E-state index contributed by atoms with van der Waals surface area (Å²) in [4.78, 5) is 24.8. The molecule has 0 aliphatic carbocycles. The third kappa shape index (κ3) is 3.28. The van der Waals surface area contributed by atoms with Gasteiger partial charge in [-0.05, 0) is 26.3 Å². The van der Waals surface area contributed by atoms with Crippen LogP contribution in [0.2, 0.25) is 0 Å². The van der Waals surface area contributed by atoms with E-state index in [2.05, 4.69) is 5.32 Å². The van der Waals surface area contributed by atoms with Gasteiger partial charge >= 0.3 is 11.9 Å². The molecule has 0 radical (unpaired) electrons. The molecule has 1 aromatic carbocycles. The topological polar surface area (TPSA) is 64.6 Å². The third-order valence-corrected chi connectivity index (χ3v) is 3.79. The second-order valence-electron chi connectivity index (χ2n) is 5.26. The van der Waals surface area contributed by atoms with E-state index in [9.17, 15) is 9.59 Å². The van der Waals surface area contributed by atoms with E-state index in [-0.39, 0.29) is 6.61 Å². The number of hydrogen-bond donors (Lipinski definition) is 1. The van der Waals surface area contributed by atoms with Gasteiger partial charge in [0.2, 0.25) is 0 Å². The molecule has 1 N–H and O–H groups in total. The van der Waals surface area contributed by atoms with Gasteiger partial charge in [0.25, 0.3) is 0 Å². The Morgan fingerprint density at radius 1 is 1.04 bits per heavy atom. The largest absolute Gasteiger partial charge is 0.466 e. The van der Waals surface area contributed by atoms with E-state index in [4.69, 9.17) is 9.47 Å². The molecule has 0 unspecified atom stereocenters. The maximum Gasteiger partial charge on any atom is 0.336 e. The molecule has 23 heavy (non-hydrogen) atoms. The summed E-state index contributed by atoms with van der Waals surface area (Å²) in [7, 11) is 1.33. The van der Waals surface area contributed by atoms with Gasteiger partial charge < -0.3 is 14.8 Å². The Morgan fingerprint density at radius 3 is 2.13 bits per heavy atom. The highest BCUT2D eigenvalue weighted by Gasteiger charge is 2.37. The molecule has 1 aliphatic heterocycles. The molecular weight excluding hydrogens is 294 g/mol. The van der Waals surface area contributed by atoms with Crippen molar-refractivity contribution in [2.45, 2.75) is 26.7 Å². The third-order valence-electron chi connectivity index (χ3n) is 3.79. The second-order valence-corrected chi connectivity index (χ2v) is 5.26. The Balaban J connectivity index is 2.62. The number of methoxy groups -OCH3 is 1. The predicted octanol–water partition coefficient (Wildman–Crippen LogP) is 2.66. The average Bonchev–Trinajstić information content (AvgIpc) is 2.54. The normalized spacial score (nSPS) is 17.7. The maximum absolute atomic E-state index is 12.5. The summed E-state index contributed by atoms with van der Waals surface area (Å²) in [6, 6.07) is 9.41. The number of ether oxygens (including phenoxy) is 2. The van der Waals surface area contributed by atoms with Crippen LogP contribution in [0.4, 0.5) is 0 Å². The molecule has 1 aliphatic rings. The molecular formula is C18H21NO4. The van der Waals surface area contributed by atoms with E-state index in [1.807, 2.05) is 30.3 Å². The Morgan fingerprint density at radius 2 is 1.61 bits per heavy atom. The summed E-state index contributed by atoms with van der Waals surface area (Å²) in [5, 5.41) is 3.09. The monoisotopic (exact) mass is 315 g/mol. The smallest absolute Gasteiger partial charge is 0.336 e. The minimum atomic E-state index is -0.510. The van der Waals surface area contributed by atoms with E-state index in [0.717, 1.165) is 5.56 Å². The molecule has 5 heteroatoms. The maximum atomic E-state index is 12.5. The van der Waals surface area contributed by atoms with Crippen LogP contribution in [0, 0.1) is 0 Å². The van der Waals surface area contributed by atoms with Crippen molar-refractivity contribution in [2.24, 2.45) is 0 Å². The molecule has 0 fully saturated rings. The molecule has 0 bridgehead atoms. The quantitative estimate of drug-likeness (QED) is 0.865. The fourth-order valence-corrected chi connectivity index (χ4v) is 2.83. The summed E-state index contributed by atoms with van der Waals surface area (Å²) >= 11 is 0. The zero-order valence-electron chi connectivity index (χ0n) is 13.8. The van der Waals surface area contributed by atoms with Gasteiger partial charge in [0.1, 0.15) is 0 Å². The number of esters is 2. The lowest BCUT2D eigenvalue weighted by Crippen LogP contribution is -2.32. The number of benzene rings is 1. The van der Waals surface area contributed by atoms with Crippen LogP contribution in [0.5, 0.6) is 0 Å². The molecule has 2 rings (SSSR count). The highest BCUT2D eigenvalue weighted by Crippen LogP contribution is 2.38. The van der Waals surface area contributed by atoms with E-state index in [1.54, 1.807) is 20.8 Å². The molecule has 0 amide bonds. The summed E-state index contributed by atoms with van der Waals surface area (Å²) < 4.78 is 10.1. The van der Waals surface area contributed by atoms with E-state index < -0.39 is 17.9 Å². The van der Waals surface area contributed by atoms with Crippen molar-refractivity contribution < 1.29 is 19.1 Å². The van der Waals surface area contributed by atoms with Crippen molar-refractivity contribution in [3.63, 3.8) is 0 Å². The van der Waals surface area contributed by atoms with Crippen molar-refractivity contribution in [3.05, 3.63) is 58.4 Å². The molecule has 1 aromatic rings. The molecule has 0 saturated heterocycles. The summed E-state index contributed by atoms with van der Waals surface area (Å²) in [5.41, 5.74) is 3.06. The van der Waals surface area contributed by atoms with Crippen LogP contribution in [-0.4, -0.2) is 25.7 Å². The van der Waals surface area contributed by atoms with Gasteiger partial charge in [0.15, 0.2) is 0 Å². The van der Waals surface area contributed by atoms with Crippen LogP contribution in [-0.2, 0) is 19.1 Å². The summed E-state index contributed by atoms with van der Waals surface area (Å²) in [6.45, 7) is 5.63. The standard InChI is InChI=1S/C18H21NO4/c1-5-23-18(21)15-12(3)19-11(2)14(17(20)22-4)16(15)13-9-7-6-8-10-13/h6-10,16,19H,5H2,1-4H3/t16-/m1/s1. The van der Waals surface area contributed by atoms with Crippen molar-refractivity contribution in [1.29, 1.82) is 0 Å². The Kier molecular flexibility index (Phi) is 5.21. The van der Waals surface area contributed by atoms with Gasteiger partial charge in [-0.2, -0.15) is 0 Å². The summed E-state index contributed by atoms with van der Waals surface area (Å²) in [5.74, 6) is -1.40. The molecule has 122 valence electrons. The Labute approximate surface area is 136 Å². The molecule has 5 nitrogen and oxygen atoms in total. The first-order valence-corrected chi connectivity index (χ1v) is 7.50. The van der Waals surface area contributed by atoms with Crippen LogP contribution in [0.15, 0.2) is 52.9 Å². The van der Waals surface area contributed by atoms with Gasteiger partial charge in [-0.25, -0.2) is 9.59 Å². The SMILES string of the molecule is CCOC(=O)C1=C(C)NC(C)=C(C(=O)OC)[C@H]1c1ccccc1. The molecule has 1 heterocycles. The van der Waals surface area contributed by atoms with Crippen LogP contribution >= 0.6 is 0 Å². The van der Waals surface area contributed by atoms with Crippen LogP contribution < -0.4 is 5.32 Å². The lowest BCUT2D eigenvalue weighted by molar-refractivity contribution is -0.139. The zero-order chi connectivity index (χ0) is 17.0. The second kappa shape index (κ2) is 7.13. The molecule has 0 spiro atoms. The van der Waals surface area contributed by atoms with Gasteiger partial charge in [-0.1, -0.05) is 30.3 Å². The van der Waals surface area contributed by atoms with Gasteiger partial charge in [0, 0.05) is 11.4 Å². The van der Waals surface area contributed by atoms with Crippen molar-refractivity contribution in [1.82, 2.24) is 5.32 Å². The molecule has 0 saturated carbocycles. The number of rotatable bonds is 4. The van der Waals surface area contributed by atoms with E-state index in [0.29, 0.717) is 22.5 Å². The van der Waals surface area contributed by atoms with Crippen molar-refractivity contribution >= 4 is 11.9 Å². The minimum Gasteiger partial charge on any atom is -0.466 e. The number of dihydropyridines is 1. The highest BCUT2D eigenvalue weighted by atomic mass is 16.5. The first-order valence-electron chi connectivity index (χ1n) is 7.50. The van der Waals surface area contributed by atoms with E-state index >= 15 is 0 Å². The number of carbonyl (C=O) groups is 2. The van der Waals surface area contributed by atoms with Crippen molar-refractivity contribution in [3.8, 4) is 0 Å². The minimum absolute atomic E-state index is 0.271.